The molecule has 7 rings (SSSR count). The molecule has 0 heterocycles. The Bertz CT molecular complexity index is 2310. The van der Waals surface area contributed by atoms with Crippen molar-refractivity contribution in [1.82, 2.24) is 0 Å². The third-order valence-corrected chi connectivity index (χ3v) is 11.5. The van der Waals surface area contributed by atoms with Gasteiger partial charge in [0.05, 0.1) is 11.1 Å². The van der Waals surface area contributed by atoms with Crippen LogP contribution in [0.15, 0.2) is 121 Å². The highest BCUT2D eigenvalue weighted by Gasteiger charge is 2.36. The largest absolute Gasteiger partial charge is 0.416 e. The van der Waals surface area contributed by atoms with Gasteiger partial charge in [-0.15, -0.1) is 0 Å². The number of alkyl halides is 6. The van der Waals surface area contributed by atoms with Crippen LogP contribution in [-0.4, -0.2) is 0 Å². The van der Waals surface area contributed by atoms with E-state index in [0.29, 0.717) is 38.0 Å². The smallest absolute Gasteiger partial charge is 0.309 e. The van der Waals surface area contributed by atoms with Crippen molar-refractivity contribution in [2.45, 2.75) is 12.4 Å². The van der Waals surface area contributed by atoms with E-state index in [2.05, 4.69) is 0 Å². The molecule has 0 aromatic heterocycles. The fourth-order valence-electron chi connectivity index (χ4n) is 6.17. The fraction of sp³-hybridized carbons (Fsp3) is 0.0556. The molecule has 7 aromatic carbocycles. The summed E-state index contributed by atoms with van der Waals surface area (Å²) in [6.45, 7) is 0. The first-order valence-corrected chi connectivity index (χ1v) is 15.9. The lowest BCUT2D eigenvalue weighted by atomic mass is 9.88. The van der Waals surface area contributed by atoms with Crippen LogP contribution in [0.25, 0.3) is 43.4 Å². The zero-order valence-electron chi connectivity index (χ0n) is 23.0. The molecule has 0 amide bonds. The molecular formula is C36H20ClF6OP. The Morgan fingerprint density at radius 2 is 1.13 bits per heavy atom. The quantitative estimate of drug-likeness (QED) is 0.105. The Labute approximate surface area is 258 Å². The van der Waals surface area contributed by atoms with Crippen LogP contribution in [0, 0.1) is 0 Å². The summed E-state index contributed by atoms with van der Waals surface area (Å²) in [5.41, 5.74) is -0.713. The standard InChI is InChI=1S/C36H20ClF6OP/c37-26-9-4-11-28(20-26)45(44,27-10-3-8-25(19-27)36(41,42)43)32-16-14-23-18-31(22-6-1-7-24(17-22)35(38,39)40)29-12-2-5-21-13-15-30(32)34(23)33(21)29/h1-20H. The first kappa shape index (κ1) is 29.4. The Kier molecular flexibility index (Phi) is 6.77. The highest BCUT2D eigenvalue weighted by Crippen LogP contribution is 2.49. The Morgan fingerprint density at radius 1 is 0.533 bits per heavy atom. The minimum atomic E-state index is -4.66. The van der Waals surface area contributed by atoms with E-state index in [-0.39, 0.29) is 15.6 Å². The van der Waals surface area contributed by atoms with Gasteiger partial charge in [0.25, 0.3) is 0 Å². The van der Waals surface area contributed by atoms with Gasteiger partial charge in [0, 0.05) is 20.9 Å². The van der Waals surface area contributed by atoms with E-state index in [1.165, 1.54) is 24.3 Å². The molecule has 224 valence electrons. The van der Waals surface area contributed by atoms with E-state index >= 15 is 4.57 Å². The van der Waals surface area contributed by atoms with Crippen LogP contribution in [0.2, 0.25) is 5.02 Å². The first-order chi connectivity index (χ1) is 21.4. The minimum Gasteiger partial charge on any atom is -0.309 e. The second kappa shape index (κ2) is 10.4. The first-order valence-electron chi connectivity index (χ1n) is 13.8. The van der Waals surface area contributed by atoms with E-state index in [0.717, 1.165) is 35.0 Å². The number of halogens is 7. The number of rotatable bonds is 4. The van der Waals surface area contributed by atoms with Crippen molar-refractivity contribution in [3.8, 4) is 11.1 Å². The predicted octanol–water partition coefficient (Wildman–Crippen LogP) is 10.6. The average Bonchev–Trinajstić information content (AvgIpc) is 3.02. The molecule has 0 radical (unpaired) electrons. The summed E-state index contributed by atoms with van der Waals surface area (Å²) in [6, 6.07) is 30.3. The second-order valence-corrected chi connectivity index (χ2v) is 14.0. The molecule has 0 aliphatic carbocycles. The minimum absolute atomic E-state index is 0.000667. The average molecular weight is 649 g/mol. The molecule has 45 heavy (non-hydrogen) atoms. The summed E-state index contributed by atoms with van der Waals surface area (Å²) in [5.74, 6) is 0. The van der Waals surface area contributed by atoms with Crippen molar-refractivity contribution >= 4 is 67.0 Å². The molecule has 1 atom stereocenters. The maximum atomic E-state index is 15.5. The van der Waals surface area contributed by atoms with E-state index in [9.17, 15) is 26.3 Å². The highest BCUT2D eigenvalue weighted by molar-refractivity contribution is 7.85. The van der Waals surface area contributed by atoms with Crippen molar-refractivity contribution in [2.75, 3.05) is 0 Å². The van der Waals surface area contributed by atoms with Gasteiger partial charge in [0.2, 0.25) is 0 Å². The lowest BCUT2D eigenvalue weighted by molar-refractivity contribution is -0.138. The van der Waals surface area contributed by atoms with Crippen LogP contribution in [0.3, 0.4) is 0 Å². The molecule has 1 nitrogen and oxygen atoms in total. The summed E-state index contributed by atoms with van der Waals surface area (Å²) in [7, 11) is -3.96. The zero-order valence-corrected chi connectivity index (χ0v) is 24.7. The van der Waals surface area contributed by atoms with Gasteiger partial charge in [0.15, 0.2) is 7.14 Å². The van der Waals surface area contributed by atoms with E-state index in [4.69, 9.17) is 11.6 Å². The Hall–Kier alpha value is -4.32. The zero-order chi connectivity index (χ0) is 31.7. The third-order valence-electron chi connectivity index (χ3n) is 8.17. The number of hydrogen-bond acceptors (Lipinski definition) is 1. The van der Waals surface area contributed by atoms with Gasteiger partial charge in [-0.3, -0.25) is 0 Å². The van der Waals surface area contributed by atoms with E-state index < -0.39 is 30.6 Å². The summed E-state index contributed by atoms with van der Waals surface area (Å²) >= 11 is 6.32. The molecule has 7 aromatic rings. The summed E-state index contributed by atoms with van der Waals surface area (Å²) in [5, 5.41) is 5.10. The fourth-order valence-corrected chi connectivity index (χ4v) is 9.33. The second-order valence-electron chi connectivity index (χ2n) is 10.8. The topological polar surface area (TPSA) is 17.1 Å². The molecule has 1 unspecified atom stereocenters. The number of benzene rings is 7. The Balaban J connectivity index is 1.56. The van der Waals surface area contributed by atoms with Gasteiger partial charge in [0.1, 0.15) is 0 Å². The molecule has 0 bridgehead atoms. The predicted molar refractivity (Wildman–Crippen MR) is 170 cm³/mol. The molecule has 0 fully saturated rings. The van der Waals surface area contributed by atoms with Gasteiger partial charge >= 0.3 is 12.4 Å². The van der Waals surface area contributed by atoms with E-state index in [1.54, 1.807) is 48.5 Å². The Morgan fingerprint density at radius 3 is 1.84 bits per heavy atom. The van der Waals surface area contributed by atoms with Gasteiger partial charge in [-0.2, -0.15) is 26.3 Å². The molecule has 0 aliphatic rings. The lowest BCUT2D eigenvalue weighted by Crippen LogP contribution is -2.26. The maximum absolute atomic E-state index is 15.5. The molecule has 0 spiro atoms. The molecular weight excluding hydrogens is 629 g/mol. The monoisotopic (exact) mass is 648 g/mol. The van der Waals surface area contributed by atoms with Crippen molar-refractivity contribution in [3.05, 3.63) is 137 Å². The van der Waals surface area contributed by atoms with Crippen LogP contribution in [0.5, 0.6) is 0 Å². The van der Waals surface area contributed by atoms with Gasteiger partial charge in [-0.25, -0.2) is 0 Å². The lowest BCUT2D eigenvalue weighted by Gasteiger charge is -2.24. The van der Waals surface area contributed by atoms with Gasteiger partial charge in [-0.05, 0) is 92.0 Å². The van der Waals surface area contributed by atoms with Crippen LogP contribution >= 0.6 is 18.7 Å². The normalized spacial score (nSPS) is 13.9. The summed E-state index contributed by atoms with van der Waals surface area (Å²) in [6.07, 6.45) is -9.17. The molecule has 0 saturated heterocycles. The van der Waals surface area contributed by atoms with Crippen LogP contribution in [-0.2, 0) is 16.9 Å². The van der Waals surface area contributed by atoms with Crippen LogP contribution in [0.4, 0.5) is 26.3 Å². The molecule has 9 heteroatoms. The summed E-state index contributed by atoms with van der Waals surface area (Å²) < 4.78 is 97.9. The van der Waals surface area contributed by atoms with Gasteiger partial charge in [-0.1, -0.05) is 84.4 Å². The van der Waals surface area contributed by atoms with E-state index in [1.807, 2.05) is 24.3 Å². The van der Waals surface area contributed by atoms with Crippen molar-refractivity contribution in [1.29, 1.82) is 0 Å². The maximum Gasteiger partial charge on any atom is 0.416 e. The summed E-state index contributed by atoms with van der Waals surface area (Å²) in [4.78, 5) is 0. The van der Waals surface area contributed by atoms with Crippen molar-refractivity contribution in [2.24, 2.45) is 0 Å². The SMILES string of the molecule is O=P(c1cccc(Cl)c1)(c1cccc(C(F)(F)F)c1)c1ccc2cc(-c3cccc(C(F)(F)F)c3)c3cccc4ccc1c2c43. The molecule has 0 aliphatic heterocycles. The van der Waals surface area contributed by atoms with Crippen molar-refractivity contribution < 1.29 is 30.9 Å². The highest BCUT2D eigenvalue weighted by atomic mass is 35.5. The van der Waals surface area contributed by atoms with Gasteiger partial charge < -0.3 is 4.57 Å². The molecule has 0 saturated carbocycles. The van der Waals surface area contributed by atoms with Crippen molar-refractivity contribution in [3.63, 3.8) is 0 Å². The number of hydrogen-bond donors (Lipinski definition) is 0. The third kappa shape index (κ3) is 4.86. The molecule has 0 N–H and O–H groups in total. The van der Waals surface area contributed by atoms with Crippen LogP contribution in [0.1, 0.15) is 11.1 Å². The van der Waals surface area contributed by atoms with Crippen LogP contribution < -0.4 is 15.9 Å².